The van der Waals surface area contributed by atoms with Crippen LogP contribution >= 0.6 is 0 Å². The fourth-order valence-electron chi connectivity index (χ4n) is 1.05. The molecule has 14 heavy (non-hydrogen) atoms. The third kappa shape index (κ3) is 0.876. The van der Waals surface area contributed by atoms with E-state index in [0.29, 0.717) is 4.57 Å². The van der Waals surface area contributed by atoms with Gasteiger partial charge in [0.15, 0.2) is 11.2 Å². The van der Waals surface area contributed by atoms with Crippen molar-refractivity contribution in [1.29, 1.82) is 0 Å². The van der Waals surface area contributed by atoms with Crippen LogP contribution in [-0.2, 0) is 21.0 Å². The first-order chi connectivity index (χ1) is 10.3. The average Bonchev–Trinajstić information content (AvgIpc) is 2.62. The van der Waals surface area contributed by atoms with Gasteiger partial charge in [-0.2, -0.15) is 0 Å². The second kappa shape index (κ2) is 2.57. The molecule has 0 aliphatic heterocycles. The first kappa shape index (κ1) is 3.08. The lowest BCUT2D eigenvalue weighted by molar-refractivity contribution is 0.705. The molecular formula is C8H10N4O2. The Bertz CT molecular complexity index is 885. The van der Waals surface area contributed by atoms with Crippen molar-refractivity contribution in [3.05, 3.63) is 27.1 Å². The van der Waals surface area contributed by atoms with Crippen LogP contribution in [-0.4, -0.2) is 18.7 Å². The third-order valence-corrected chi connectivity index (χ3v) is 1.72. The molecule has 0 fully saturated rings. The SMILES string of the molecule is [2H]c1nc2c(c(=O)n(C([2H])([2H])[2H])c(=O)n2C([2H])([2H])[2H])n1C([2H])[2H]. The van der Waals surface area contributed by atoms with Gasteiger partial charge in [0.1, 0.15) is 1.37 Å². The van der Waals surface area contributed by atoms with Gasteiger partial charge in [0.05, 0.1) is 6.30 Å². The Morgan fingerprint density at radius 1 is 1.43 bits per heavy atom. The number of imidazole rings is 1. The van der Waals surface area contributed by atoms with Crippen LogP contribution in [0.4, 0.5) is 0 Å². The molecule has 74 valence electrons. The normalized spacial score (nSPS) is 22.5. The minimum absolute atomic E-state index is 0.00692. The van der Waals surface area contributed by atoms with Gasteiger partial charge in [0, 0.05) is 31.9 Å². The van der Waals surface area contributed by atoms with E-state index in [2.05, 4.69) is 4.98 Å². The Morgan fingerprint density at radius 2 is 2.21 bits per heavy atom. The summed E-state index contributed by atoms with van der Waals surface area (Å²) in [6.07, 6.45) is -0.812. The largest absolute Gasteiger partial charge is 0.332 e. The topological polar surface area (TPSA) is 61.8 Å². The minimum atomic E-state index is -3.29. The predicted octanol–water partition coefficient (Wildman–Crippen LogP) is -1.03. The number of hydrogen-bond donors (Lipinski definition) is 0. The Kier molecular flexibility index (Phi) is 0.565. The molecule has 2 aromatic rings. The molecule has 0 saturated heterocycles. The van der Waals surface area contributed by atoms with Crippen molar-refractivity contribution in [1.82, 2.24) is 18.7 Å². The Morgan fingerprint density at radius 3 is 2.86 bits per heavy atom. The molecule has 0 spiro atoms. The lowest BCUT2D eigenvalue weighted by Crippen LogP contribution is -2.37. The summed E-state index contributed by atoms with van der Waals surface area (Å²) in [4.78, 5) is 27.9. The van der Waals surface area contributed by atoms with Crippen LogP contribution in [0.1, 0.15) is 12.3 Å². The summed E-state index contributed by atoms with van der Waals surface area (Å²) in [6, 6.07) is 0. The van der Waals surface area contributed by atoms with E-state index >= 15 is 0 Å². The zero-order valence-electron chi connectivity index (χ0n) is 15.7. The molecule has 0 aliphatic rings. The first-order valence-electron chi connectivity index (χ1n) is 8.06. The van der Waals surface area contributed by atoms with E-state index in [1.165, 1.54) is 0 Å². The zero-order chi connectivity index (χ0) is 17.9. The number of aryl methyl sites for hydroxylation is 2. The molecule has 0 atom stereocenters. The summed E-state index contributed by atoms with van der Waals surface area (Å²) < 4.78 is 66.1. The molecule has 0 saturated carbocycles. The highest BCUT2D eigenvalue weighted by atomic mass is 16.2. The van der Waals surface area contributed by atoms with E-state index in [9.17, 15) is 9.59 Å². The van der Waals surface area contributed by atoms with Gasteiger partial charge in [-0.3, -0.25) is 13.9 Å². The van der Waals surface area contributed by atoms with E-state index < -0.39 is 49.7 Å². The average molecular weight is 203 g/mol. The van der Waals surface area contributed by atoms with Gasteiger partial charge in [-0.05, 0) is 0 Å². The lowest BCUT2D eigenvalue weighted by Gasteiger charge is -2.02. The van der Waals surface area contributed by atoms with Crippen molar-refractivity contribution >= 4 is 11.2 Å². The van der Waals surface area contributed by atoms with Gasteiger partial charge in [0.2, 0.25) is 0 Å². The molecule has 0 N–H and O–H groups in total. The van der Waals surface area contributed by atoms with Crippen molar-refractivity contribution in [3.63, 3.8) is 0 Å². The van der Waals surface area contributed by atoms with Crippen molar-refractivity contribution in [3.8, 4) is 0 Å². The molecule has 6 heteroatoms. The van der Waals surface area contributed by atoms with Crippen LogP contribution in [0, 0.1) is 0 Å². The van der Waals surface area contributed by atoms with Gasteiger partial charge < -0.3 is 4.57 Å². The molecule has 0 aromatic carbocycles. The van der Waals surface area contributed by atoms with Gasteiger partial charge >= 0.3 is 5.69 Å². The molecule has 0 aliphatic carbocycles. The van der Waals surface area contributed by atoms with Crippen LogP contribution in [0.3, 0.4) is 0 Å². The van der Waals surface area contributed by atoms with E-state index in [4.69, 9.17) is 12.3 Å². The highest BCUT2D eigenvalue weighted by molar-refractivity contribution is 5.69. The second-order valence-electron chi connectivity index (χ2n) is 2.51. The maximum atomic E-state index is 12.3. The molecule has 0 amide bonds. The predicted molar refractivity (Wildman–Crippen MR) is 51.2 cm³/mol. The molecule has 2 rings (SSSR count). The highest BCUT2D eigenvalue weighted by Crippen LogP contribution is 2.01. The summed E-state index contributed by atoms with van der Waals surface area (Å²) in [5, 5.41) is 0. The summed E-state index contributed by atoms with van der Waals surface area (Å²) in [7, 11) is 0. The molecular weight excluding hydrogens is 184 g/mol. The van der Waals surface area contributed by atoms with Gasteiger partial charge in [-0.25, -0.2) is 9.78 Å². The number of hydrogen-bond acceptors (Lipinski definition) is 3. The fraction of sp³-hybridized carbons (Fsp3) is 0.375. The van der Waals surface area contributed by atoms with E-state index in [1.54, 1.807) is 0 Å². The zero-order valence-corrected chi connectivity index (χ0v) is 6.68. The maximum absolute atomic E-state index is 12.3. The monoisotopic (exact) mass is 203 g/mol. The second-order valence-corrected chi connectivity index (χ2v) is 2.51. The molecule has 0 unspecified atom stereocenters. The number of rotatable bonds is 0. The van der Waals surface area contributed by atoms with E-state index in [-0.39, 0.29) is 9.13 Å². The van der Waals surface area contributed by atoms with Crippen molar-refractivity contribution in [2.45, 2.75) is 0 Å². The van der Waals surface area contributed by atoms with Crippen LogP contribution in [0.25, 0.3) is 11.2 Å². The van der Waals surface area contributed by atoms with Crippen LogP contribution in [0.15, 0.2) is 15.9 Å². The van der Waals surface area contributed by atoms with Gasteiger partial charge in [-0.15, -0.1) is 0 Å². The molecule has 2 aromatic heterocycles. The fourth-order valence-corrected chi connectivity index (χ4v) is 1.05. The van der Waals surface area contributed by atoms with E-state index in [1.807, 2.05) is 0 Å². The maximum Gasteiger partial charge on any atom is 0.332 e. The van der Waals surface area contributed by atoms with Crippen molar-refractivity contribution in [2.24, 2.45) is 21.0 Å². The van der Waals surface area contributed by atoms with Gasteiger partial charge in [0.25, 0.3) is 5.56 Å². The van der Waals surface area contributed by atoms with E-state index in [0.717, 1.165) is 0 Å². The minimum Gasteiger partial charge on any atom is -0.328 e. The molecule has 2 heterocycles. The van der Waals surface area contributed by atoms with Crippen LogP contribution < -0.4 is 11.2 Å². The molecule has 0 radical (unpaired) electrons. The summed E-state index contributed by atoms with van der Waals surface area (Å²) in [5.41, 5.74) is -4.63. The van der Waals surface area contributed by atoms with Gasteiger partial charge in [-0.1, -0.05) is 0 Å². The quantitative estimate of drug-likeness (QED) is 0.550. The van der Waals surface area contributed by atoms with Crippen LogP contribution in [0.5, 0.6) is 0 Å². The Labute approximate surface area is 91.7 Å². The van der Waals surface area contributed by atoms with Crippen molar-refractivity contribution < 1.29 is 12.3 Å². The summed E-state index contributed by atoms with van der Waals surface area (Å²) in [6.45, 7) is -8.43. The summed E-state index contributed by atoms with van der Waals surface area (Å²) >= 11 is 0. The highest BCUT2D eigenvalue weighted by Gasteiger charge is 2.11. The summed E-state index contributed by atoms with van der Waals surface area (Å²) in [5.74, 6) is 0. The standard InChI is InChI=1S/C8H10N4O2/c1-10-4-9-6-5(10)7(13)12(3)8(14)11(6)2/h4H,1-3H3/i1D2,2D3,3D3,4D. The van der Waals surface area contributed by atoms with Crippen molar-refractivity contribution in [2.75, 3.05) is 0 Å². The number of nitrogens with zero attached hydrogens (tertiary/aromatic N) is 4. The number of aromatic nitrogens is 4. The Balaban J connectivity index is 3.23. The number of fused-ring (bicyclic) bond motifs is 1. The lowest BCUT2D eigenvalue weighted by atomic mass is 10.5. The third-order valence-electron chi connectivity index (χ3n) is 1.72. The van der Waals surface area contributed by atoms with Crippen LogP contribution in [0.2, 0.25) is 0 Å². The smallest absolute Gasteiger partial charge is 0.328 e. The Hall–Kier alpha value is -1.85. The first-order valence-corrected chi connectivity index (χ1v) is 3.40. The molecule has 0 bridgehead atoms. The molecule has 6 nitrogen and oxygen atoms in total.